The van der Waals surface area contributed by atoms with Crippen LogP contribution in [0.5, 0.6) is 0 Å². The molecule has 3 aromatic rings. The summed E-state index contributed by atoms with van der Waals surface area (Å²) in [4.78, 5) is 22.3. The van der Waals surface area contributed by atoms with Gasteiger partial charge in [-0.3, -0.25) is 4.79 Å². The van der Waals surface area contributed by atoms with Crippen LogP contribution in [0, 0.1) is 0 Å². The van der Waals surface area contributed by atoms with Gasteiger partial charge < -0.3 is 19.8 Å². The molecular formula is C23H27N3O3S. The van der Waals surface area contributed by atoms with Gasteiger partial charge in [-0.2, -0.15) is 0 Å². The van der Waals surface area contributed by atoms with Crippen molar-refractivity contribution in [2.45, 2.75) is 51.0 Å². The van der Waals surface area contributed by atoms with Crippen LogP contribution in [0.1, 0.15) is 42.5 Å². The fourth-order valence-corrected chi connectivity index (χ4v) is 5.63. The number of nitrogens with one attached hydrogen (secondary N) is 2. The fraction of sp³-hybridized carbons (Fsp3) is 0.478. The maximum absolute atomic E-state index is 12.6. The predicted molar refractivity (Wildman–Crippen MR) is 119 cm³/mol. The standard InChI is InChI=1S/C23H27N3O3S/c27-20(11-13-28-14-15-6-5-12-29-15)26-23-21(16-7-1-4-10-19(16)30-23)22-24-17-8-2-3-9-18(17)25-22/h2-3,8-9,15H,1,4-7,10-14H2,(H,24,25)(H,26,27). The number of carbonyl (C=O) groups excluding carboxylic acids is 1. The third-order valence-electron chi connectivity index (χ3n) is 5.85. The van der Waals surface area contributed by atoms with Gasteiger partial charge in [0.25, 0.3) is 0 Å². The number of rotatable bonds is 7. The molecule has 0 spiro atoms. The van der Waals surface area contributed by atoms with Crippen LogP contribution in [0.15, 0.2) is 24.3 Å². The Morgan fingerprint density at radius 2 is 2.17 bits per heavy atom. The molecule has 158 valence electrons. The van der Waals surface area contributed by atoms with Crippen molar-refractivity contribution in [2.75, 3.05) is 25.1 Å². The number of aryl methyl sites for hydroxylation is 1. The van der Waals surface area contributed by atoms with Gasteiger partial charge >= 0.3 is 0 Å². The number of H-pyrrole nitrogens is 1. The van der Waals surface area contributed by atoms with Crippen LogP contribution in [0.25, 0.3) is 22.4 Å². The molecule has 1 unspecified atom stereocenters. The highest BCUT2D eigenvalue weighted by molar-refractivity contribution is 7.17. The van der Waals surface area contributed by atoms with E-state index in [0.717, 1.165) is 59.7 Å². The van der Waals surface area contributed by atoms with Gasteiger partial charge in [0.1, 0.15) is 10.8 Å². The summed E-state index contributed by atoms with van der Waals surface area (Å²) in [6, 6.07) is 8.05. The van der Waals surface area contributed by atoms with E-state index < -0.39 is 0 Å². The Morgan fingerprint density at radius 3 is 3.03 bits per heavy atom. The van der Waals surface area contributed by atoms with E-state index in [4.69, 9.17) is 14.5 Å². The number of benzene rings is 1. The topological polar surface area (TPSA) is 76.2 Å². The summed E-state index contributed by atoms with van der Waals surface area (Å²) in [6.07, 6.45) is 7.19. The minimum Gasteiger partial charge on any atom is -0.378 e. The molecule has 0 bridgehead atoms. The second-order valence-electron chi connectivity index (χ2n) is 8.03. The largest absolute Gasteiger partial charge is 0.378 e. The molecule has 1 aliphatic carbocycles. The number of carbonyl (C=O) groups is 1. The highest BCUT2D eigenvalue weighted by atomic mass is 32.1. The second kappa shape index (κ2) is 8.88. The van der Waals surface area contributed by atoms with Crippen molar-refractivity contribution < 1.29 is 14.3 Å². The van der Waals surface area contributed by atoms with E-state index in [1.165, 1.54) is 23.3 Å². The Morgan fingerprint density at radius 1 is 1.27 bits per heavy atom. The van der Waals surface area contributed by atoms with Gasteiger partial charge in [0.15, 0.2) is 0 Å². The van der Waals surface area contributed by atoms with E-state index in [9.17, 15) is 4.79 Å². The molecule has 1 amide bonds. The number of thiophene rings is 1. The van der Waals surface area contributed by atoms with Crippen LogP contribution in [-0.2, 0) is 27.1 Å². The second-order valence-corrected chi connectivity index (χ2v) is 9.13. The summed E-state index contributed by atoms with van der Waals surface area (Å²) in [5, 5.41) is 4.05. The summed E-state index contributed by atoms with van der Waals surface area (Å²) in [5.41, 5.74) is 4.38. The first-order valence-electron chi connectivity index (χ1n) is 10.9. The summed E-state index contributed by atoms with van der Waals surface area (Å²) >= 11 is 1.70. The molecule has 0 saturated carbocycles. The molecule has 5 rings (SSSR count). The highest BCUT2D eigenvalue weighted by Gasteiger charge is 2.25. The lowest BCUT2D eigenvalue weighted by Gasteiger charge is -2.12. The molecule has 1 aliphatic heterocycles. The predicted octanol–water partition coefficient (Wildman–Crippen LogP) is 4.69. The van der Waals surface area contributed by atoms with Crippen LogP contribution in [0.2, 0.25) is 0 Å². The van der Waals surface area contributed by atoms with Gasteiger partial charge in [-0.05, 0) is 56.2 Å². The van der Waals surface area contributed by atoms with E-state index in [2.05, 4.69) is 10.3 Å². The summed E-state index contributed by atoms with van der Waals surface area (Å²) in [6.45, 7) is 1.81. The molecule has 7 heteroatoms. The normalized spacial score (nSPS) is 18.6. The minimum atomic E-state index is -0.0155. The number of aromatic amines is 1. The number of hydrogen-bond donors (Lipinski definition) is 2. The highest BCUT2D eigenvalue weighted by Crippen LogP contribution is 2.43. The number of ether oxygens (including phenoxy) is 2. The number of hydrogen-bond acceptors (Lipinski definition) is 5. The van der Waals surface area contributed by atoms with Crippen LogP contribution in [-0.4, -0.2) is 41.8 Å². The number of fused-ring (bicyclic) bond motifs is 2. The molecule has 1 saturated heterocycles. The third kappa shape index (κ3) is 4.15. The van der Waals surface area contributed by atoms with Crippen molar-refractivity contribution in [3.8, 4) is 11.4 Å². The van der Waals surface area contributed by atoms with Gasteiger partial charge in [-0.15, -0.1) is 11.3 Å². The lowest BCUT2D eigenvalue weighted by molar-refractivity contribution is -0.117. The molecular weight excluding hydrogens is 398 g/mol. The van der Waals surface area contributed by atoms with E-state index in [0.29, 0.717) is 19.6 Å². The van der Waals surface area contributed by atoms with E-state index >= 15 is 0 Å². The molecule has 30 heavy (non-hydrogen) atoms. The maximum atomic E-state index is 12.6. The van der Waals surface area contributed by atoms with Crippen molar-refractivity contribution in [1.29, 1.82) is 0 Å². The molecule has 1 aromatic carbocycles. The number of nitrogens with zero attached hydrogens (tertiary/aromatic N) is 1. The molecule has 1 fully saturated rings. The van der Waals surface area contributed by atoms with E-state index in [1.807, 2.05) is 24.3 Å². The first kappa shape index (κ1) is 19.7. The number of aromatic nitrogens is 2. The quantitative estimate of drug-likeness (QED) is 0.538. The Kier molecular flexibility index (Phi) is 5.84. The number of amides is 1. The van der Waals surface area contributed by atoms with Gasteiger partial charge in [0.05, 0.1) is 42.3 Å². The number of imidazole rings is 1. The van der Waals surface area contributed by atoms with Gasteiger partial charge in [0.2, 0.25) is 5.91 Å². The SMILES string of the molecule is O=C(CCOCC1CCCO1)Nc1sc2c(c1-c1nc3ccccc3[nH]1)CCCC2. The lowest BCUT2D eigenvalue weighted by Crippen LogP contribution is -2.18. The van der Waals surface area contributed by atoms with Crippen molar-refractivity contribution in [3.63, 3.8) is 0 Å². The zero-order valence-electron chi connectivity index (χ0n) is 17.0. The Balaban J connectivity index is 1.31. The Hall–Kier alpha value is -2.22. The van der Waals surface area contributed by atoms with Crippen molar-refractivity contribution in [1.82, 2.24) is 9.97 Å². The van der Waals surface area contributed by atoms with Crippen LogP contribution < -0.4 is 5.32 Å². The third-order valence-corrected chi connectivity index (χ3v) is 7.06. The Labute approximate surface area is 180 Å². The smallest absolute Gasteiger partial charge is 0.227 e. The lowest BCUT2D eigenvalue weighted by atomic mass is 9.95. The minimum absolute atomic E-state index is 0.0155. The van der Waals surface area contributed by atoms with Gasteiger partial charge in [0, 0.05) is 11.5 Å². The maximum Gasteiger partial charge on any atom is 0.227 e. The fourth-order valence-electron chi connectivity index (χ4n) is 4.32. The number of anilines is 1. The zero-order chi connectivity index (χ0) is 20.3. The molecule has 2 aromatic heterocycles. The van der Waals surface area contributed by atoms with Crippen LogP contribution in [0.4, 0.5) is 5.00 Å². The summed E-state index contributed by atoms with van der Waals surface area (Å²) < 4.78 is 11.2. The first-order valence-corrected chi connectivity index (χ1v) is 11.7. The van der Waals surface area contributed by atoms with Crippen molar-refractivity contribution in [3.05, 3.63) is 34.7 Å². The van der Waals surface area contributed by atoms with E-state index in [1.54, 1.807) is 11.3 Å². The van der Waals surface area contributed by atoms with Crippen LogP contribution in [0.3, 0.4) is 0 Å². The summed E-state index contributed by atoms with van der Waals surface area (Å²) in [5.74, 6) is 0.832. The molecule has 0 radical (unpaired) electrons. The number of para-hydroxylation sites is 2. The van der Waals surface area contributed by atoms with Crippen molar-refractivity contribution >= 4 is 33.3 Å². The molecule has 2 N–H and O–H groups in total. The molecule has 3 heterocycles. The van der Waals surface area contributed by atoms with Gasteiger partial charge in [-0.1, -0.05) is 12.1 Å². The monoisotopic (exact) mass is 425 g/mol. The summed E-state index contributed by atoms with van der Waals surface area (Å²) in [7, 11) is 0. The van der Waals surface area contributed by atoms with E-state index in [-0.39, 0.29) is 12.0 Å². The Bertz CT molecular complexity index is 1000. The molecule has 1 atom stereocenters. The average Bonchev–Trinajstić information content (AvgIpc) is 3.48. The average molecular weight is 426 g/mol. The van der Waals surface area contributed by atoms with Gasteiger partial charge in [-0.25, -0.2) is 4.98 Å². The van der Waals surface area contributed by atoms with Crippen molar-refractivity contribution in [2.24, 2.45) is 0 Å². The molecule has 6 nitrogen and oxygen atoms in total. The molecule has 2 aliphatic rings. The van der Waals surface area contributed by atoms with Crippen LogP contribution >= 0.6 is 11.3 Å². The zero-order valence-corrected chi connectivity index (χ0v) is 17.9. The first-order chi connectivity index (χ1) is 14.8.